The Hall–Kier alpha value is -3.24. The van der Waals surface area contributed by atoms with E-state index in [1.54, 1.807) is 35.0 Å². The Labute approximate surface area is 211 Å². The fraction of sp³-hybridized carbons (Fsp3) is 0.120. The van der Waals surface area contributed by atoms with Gasteiger partial charge in [0.2, 0.25) is 10.0 Å². The van der Waals surface area contributed by atoms with Crippen molar-refractivity contribution in [2.45, 2.75) is 24.9 Å². The maximum Gasteiger partial charge on any atom is 0.308 e. The Morgan fingerprint density at radius 2 is 1.83 bits per heavy atom. The minimum absolute atomic E-state index is 0.112. The summed E-state index contributed by atoms with van der Waals surface area (Å²) in [6.07, 6.45) is 3.54. The molecule has 0 saturated heterocycles. The molecular formula is C25H21ClN4O3S2. The van der Waals surface area contributed by atoms with Crippen molar-refractivity contribution in [3.05, 3.63) is 111 Å². The SMILES string of the molecule is Cc1nccn1-c1ccccc1CNS(=O)(=O)c1ccc2c(c1)sc(=O)n2Cc1ccc(Cl)cc1. The number of hydrogen-bond acceptors (Lipinski definition) is 5. The van der Waals surface area contributed by atoms with Crippen LogP contribution in [-0.4, -0.2) is 22.5 Å². The summed E-state index contributed by atoms with van der Waals surface area (Å²) < 4.78 is 33.1. The molecule has 3 aromatic carbocycles. The summed E-state index contributed by atoms with van der Waals surface area (Å²) in [5, 5.41) is 0.626. The molecule has 0 saturated carbocycles. The molecule has 0 fully saturated rings. The first-order valence-electron chi connectivity index (χ1n) is 10.8. The smallest absolute Gasteiger partial charge is 0.304 e. The van der Waals surface area contributed by atoms with Crippen LogP contribution in [0.25, 0.3) is 15.9 Å². The van der Waals surface area contributed by atoms with Crippen molar-refractivity contribution in [3.8, 4) is 5.69 Å². The number of imidazole rings is 1. The third-order valence-electron chi connectivity index (χ3n) is 5.73. The summed E-state index contributed by atoms with van der Waals surface area (Å²) in [5.41, 5.74) is 3.30. The van der Waals surface area contributed by atoms with E-state index in [-0.39, 0.29) is 16.3 Å². The lowest BCUT2D eigenvalue weighted by atomic mass is 10.2. The molecule has 0 aliphatic heterocycles. The first-order valence-corrected chi connectivity index (χ1v) is 13.5. The van der Waals surface area contributed by atoms with Crippen molar-refractivity contribution < 1.29 is 8.42 Å². The number of benzene rings is 3. The van der Waals surface area contributed by atoms with Crippen LogP contribution in [0.2, 0.25) is 5.02 Å². The van der Waals surface area contributed by atoms with E-state index >= 15 is 0 Å². The molecule has 5 aromatic rings. The van der Waals surface area contributed by atoms with Crippen LogP contribution in [0, 0.1) is 6.92 Å². The van der Waals surface area contributed by atoms with E-state index in [4.69, 9.17) is 11.6 Å². The number of sulfonamides is 1. The van der Waals surface area contributed by atoms with Crippen molar-refractivity contribution >= 4 is 43.2 Å². The number of aromatic nitrogens is 3. The highest BCUT2D eigenvalue weighted by Gasteiger charge is 2.18. The zero-order valence-corrected chi connectivity index (χ0v) is 21.1. The Bertz CT molecular complexity index is 1690. The van der Waals surface area contributed by atoms with E-state index in [1.807, 2.05) is 54.1 Å². The number of hydrogen-bond donors (Lipinski definition) is 1. The molecule has 0 aliphatic rings. The fourth-order valence-electron chi connectivity index (χ4n) is 3.92. The second kappa shape index (κ2) is 9.43. The molecule has 0 bridgehead atoms. The maximum atomic E-state index is 13.1. The van der Waals surface area contributed by atoms with Crippen molar-refractivity contribution in [2.75, 3.05) is 0 Å². The lowest BCUT2D eigenvalue weighted by molar-refractivity contribution is 0.581. The van der Waals surface area contributed by atoms with E-state index in [0.29, 0.717) is 21.8 Å². The van der Waals surface area contributed by atoms with Crippen molar-refractivity contribution in [3.63, 3.8) is 0 Å². The van der Waals surface area contributed by atoms with Gasteiger partial charge in [0.15, 0.2) is 0 Å². The monoisotopic (exact) mass is 524 g/mol. The van der Waals surface area contributed by atoms with Gasteiger partial charge in [0.05, 0.1) is 27.3 Å². The summed E-state index contributed by atoms with van der Waals surface area (Å²) >= 11 is 6.98. The number of rotatable bonds is 7. The normalized spacial score (nSPS) is 11.8. The predicted octanol–water partition coefficient (Wildman–Crippen LogP) is 4.74. The minimum atomic E-state index is -3.81. The van der Waals surface area contributed by atoms with Crippen LogP contribution in [0.4, 0.5) is 0 Å². The number of aryl methyl sites for hydroxylation is 1. The molecule has 0 aliphatic carbocycles. The quantitative estimate of drug-likeness (QED) is 0.333. The van der Waals surface area contributed by atoms with E-state index in [0.717, 1.165) is 34.0 Å². The summed E-state index contributed by atoms with van der Waals surface area (Å²) in [6.45, 7) is 2.38. The molecule has 0 spiro atoms. The average Bonchev–Trinajstić information content (AvgIpc) is 3.41. The van der Waals surface area contributed by atoms with Crippen LogP contribution in [0.3, 0.4) is 0 Å². The van der Waals surface area contributed by atoms with E-state index in [1.165, 1.54) is 6.07 Å². The van der Waals surface area contributed by atoms with Crippen LogP contribution in [-0.2, 0) is 23.1 Å². The molecule has 2 heterocycles. The number of halogens is 1. The first-order chi connectivity index (χ1) is 16.8. The molecule has 0 radical (unpaired) electrons. The second-order valence-corrected chi connectivity index (χ2v) is 11.2. The van der Waals surface area contributed by atoms with Crippen molar-refractivity contribution in [1.82, 2.24) is 18.8 Å². The Kier molecular flexibility index (Phi) is 6.33. The Morgan fingerprint density at radius 1 is 1.06 bits per heavy atom. The van der Waals surface area contributed by atoms with Gasteiger partial charge in [-0.3, -0.25) is 9.36 Å². The van der Waals surface area contributed by atoms with Crippen LogP contribution in [0.1, 0.15) is 17.0 Å². The highest BCUT2D eigenvalue weighted by atomic mass is 35.5. The number of para-hydroxylation sites is 1. The zero-order valence-electron chi connectivity index (χ0n) is 18.7. The molecule has 0 unspecified atom stereocenters. The van der Waals surface area contributed by atoms with Gasteiger partial charge in [-0.05, 0) is 54.4 Å². The number of nitrogens with zero attached hydrogens (tertiary/aromatic N) is 3. The lowest BCUT2D eigenvalue weighted by Crippen LogP contribution is -2.24. The third-order valence-corrected chi connectivity index (χ3v) is 8.33. The molecule has 1 N–H and O–H groups in total. The summed E-state index contributed by atoms with van der Waals surface area (Å²) in [4.78, 5) is 16.9. The minimum Gasteiger partial charge on any atom is -0.304 e. The van der Waals surface area contributed by atoms with Crippen molar-refractivity contribution in [1.29, 1.82) is 0 Å². The Morgan fingerprint density at radius 3 is 2.57 bits per heavy atom. The van der Waals surface area contributed by atoms with Gasteiger partial charge in [-0.1, -0.05) is 53.3 Å². The lowest BCUT2D eigenvalue weighted by Gasteiger charge is -2.13. The number of nitrogens with one attached hydrogen (secondary N) is 1. The van der Waals surface area contributed by atoms with Gasteiger partial charge in [0.25, 0.3) is 0 Å². The van der Waals surface area contributed by atoms with Crippen LogP contribution in [0.5, 0.6) is 0 Å². The molecule has 0 atom stereocenters. The molecule has 35 heavy (non-hydrogen) atoms. The molecule has 7 nitrogen and oxygen atoms in total. The highest BCUT2D eigenvalue weighted by molar-refractivity contribution is 7.89. The van der Waals surface area contributed by atoms with Gasteiger partial charge in [0, 0.05) is 24.0 Å². The van der Waals surface area contributed by atoms with Gasteiger partial charge in [-0.25, -0.2) is 18.1 Å². The van der Waals surface area contributed by atoms with E-state index in [9.17, 15) is 13.2 Å². The molecule has 5 rings (SSSR count). The fourth-order valence-corrected chi connectivity index (χ4v) is 6.08. The molecule has 2 aromatic heterocycles. The highest BCUT2D eigenvalue weighted by Crippen LogP contribution is 2.24. The first kappa shape index (κ1) is 23.5. The molecule has 178 valence electrons. The third kappa shape index (κ3) is 4.81. The molecular weight excluding hydrogens is 504 g/mol. The summed E-state index contributed by atoms with van der Waals surface area (Å²) in [6, 6.07) is 19.6. The average molecular weight is 525 g/mol. The maximum absolute atomic E-state index is 13.1. The zero-order chi connectivity index (χ0) is 24.6. The van der Waals surface area contributed by atoms with Gasteiger partial charge in [0.1, 0.15) is 5.82 Å². The second-order valence-electron chi connectivity index (χ2n) is 8.01. The van der Waals surface area contributed by atoms with Gasteiger partial charge in [-0.15, -0.1) is 0 Å². The number of fused-ring (bicyclic) bond motifs is 1. The largest absolute Gasteiger partial charge is 0.308 e. The summed E-state index contributed by atoms with van der Waals surface area (Å²) in [7, 11) is -3.81. The van der Waals surface area contributed by atoms with Crippen molar-refractivity contribution in [2.24, 2.45) is 0 Å². The standard InChI is InChI=1S/C25H21ClN4O3S2/c1-17-27-12-13-29(17)22-5-3-2-4-19(22)15-28-35(32,33)21-10-11-23-24(14-21)34-25(31)30(23)16-18-6-8-20(26)9-7-18/h2-14,28H,15-16H2,1H3. The van der Waals surface area contributed by atoms with Gasteiger partial charge >= 0.3 is 4.87 Å². The van der Waals surface area contributed by atoms with E-state index < -0.39 is 10.0 Å². The Balaban J connectivity index is 1.40. The van der Waals surface area contributed by atoms with Crippen LogP contribution in [0.15, 0.2) is 88.8 Å². The molecule has 0 amide bonds. The summed E-state index contributed by atoms with van der Waals surface area (Å²) in [5.74, 6) is 0.809. The topological polar surface area (TPSA) is 86.0 Å². The van der Waals surface area contributed by atoms with Gasteiger partial charge < -0.3 is 4.57 Å². The molecule has 10 heteroatoms. The van der Waals surface area contributed by atoms with E-state index in [2.05, 4.69) is 9.71 Å². The van der Waals surface area contributed by atoms with Crippen LogP contribution < -0.4 is 9.60 Å². The number of thiazole rings is 1. The predicted molar refractivity (Wildman–Crippen MR) is 139 cm³/mol. The van der Waals surface area contributed by atoms with Crippen LogP contribution >= 0.6 is 22.9 Å². The van der Waals surface area contributed by atoms with Gasteiger partial charge in [-0.2, -0.15) is 0 Å².